The number of hydrogen-bond acceptors (Lipinski definition) is 33. The van der Waals surface area contributed by atoms with Crippen LogP contribution in [0.5, 0.6) is 0 Å². The molecule has 5 aliphatic rings. The van der Waals surface area contributed by atoms with Crippen molar-refractivity contribution in [3.05, 3.63) is 200 Å². The molecule has 0 unspecified atom stereocenters. The summed E-state index contributed by atoms with van der Waals surface area (Å²) in [5.41, 5.74) is -0.576. The van der Waals surface area contributed by atoms with E-state index in [1.54, 1.807) is 13.8 Å². The number of rotatable bonds is 28. The monoisotopic (exact) mass is 1430 g/mol. The first-order valence-corrected chi connectivity index (χ1v) is 29.8. The van der Waals surface area contributed by atoms with Crippen LogP contribution in [0.4, 0.5) is 0 Å². The Morgan fingerprint density at radius 3 is 1.20 bits per heavy atom. The Balaban J connectivity index is 0.000000289. The van der Waals surface area contributed by atoms with Crippen LogP contribution in [0, 0.1) is 12.8 Å². The number of morpholine rings is 1. The minimum absolute atomic E-state index is 0.0262. The molecule has 39 nitrogen and oxygen atoms in total. The molecule has 0 aliphatic carbocycles. The first-order valence-electron chi connectivity index (χ1n) is 29.8. The number of unbranched alkanes of at least 4 members (excludes halogenated alkanes) is 1. The van der Waals surface area contributed by atoms with Crippen LogP contribution in [-0.2, 0) is 123 Å². The normalized spacial score (nSPS) is 14.9. The number of aromatic nitrogens is 2. The maximum Gasteiger partial charge on any atom is 0.519 e. The van der Waals surface area contributed by atoms with Gasteiger partial charge >= 0.3 is 65.2 Å². The molecule has 1 saturated heterocycles. The molecular weight excluding hydrogens is 1360 g/mol. The Bertz CT molecular complexity index is 3980. The van der Waals surface area contributed by atoms with Crippen molar-refractivity contribution in [3.63, 3.8) is 0 Å². The van der Waals surface area contributed by atoms with Gasteiger partial charge in [0, 0.05) is 92.7 Å². The van der Waals surface area contributed by atoms with Crippen LogP contribution < -0.4 is 59.6 Å². The van der Waals surface area contributed by atoms with Crippen LogP contribution in [0.1, 0.15) is 43.8 Å². The van der Waals surface area contributed by atoms with E-state index in [1.807, 2.05) is 4.98 Å². The Morgan fingerprint density at radius 1 is 0.480 bits per heavy atom. The first kappa shape index (κ1) is 81.2. The van der Waals surface area contributed by atoms with E-state index in [2.05, 4.69) is 97.0 Å². The number of aromatic amines is 2. The molecule has 0 aromatic carbocycles. The molecule has 39 heteroatoms. The maximum atomic E-state index is 11.6. The standard InChI is InChI=1S/C18H25N3O6.C15H14N4O7.C15H14N2O8.C15H18N2O7/c1-14-19-12-15(18(24)20-14)13-27-17(23)5-4-16(22)26-9-3-2-6-21-7-10-25-11-8-21;1-8-16-4-9(13(22)18-8)6-25-11(20)2-3-12(21)26-7-10-5-17-15(24)19-14(10)23;1-8-11(25-15(21)24-8)7-23-13(19)4-3-12(18)22-6-10-5-16-9(2)17-14(10)20;1-9(2)15(21)24-8-23-13(19)5-4-12(18)22-7-11-6-16-10(3)17-14(11)20/h4-5,12,19H,1-3,6-11,13H2,(H,20,24);2-5,16H,1,6-7H2,(H,18,22)(H2,17,19,23,24);3-5,16H,2,6-7H2,1H3,(H,17,20);4-6,9,16H,3,7-8H2,1-2H3,(H,17,20)/b5-4+;3-2+;4-3+;5-4+. The minimum Gasteiger partial charge on any atom is -0.463 e. The number of amides is 4. The van der Waals surface area contributed by atoms with E-state index < -0.39 is 108 Å². The van der Waals surface area contributed by atoms with E-state index in [1.165, 1.54) is 31.7 Å². The van der Waals surface area contributed by atoms with E-state index in [0.717, 1.165) is 100 Å². The third kappa shape index (κ3) is 32.7. The second-order valence-corrected chi connectivity index (χ2v) is 20.5. The molecule has 0 bridgehead atoms. The Labute approximate surface area is 577 Å². The second kappa shape index (κ2) is 43.2. The van der Waals surface area contributed by atoms with Gasteiger partial charge in [-0.2, -0.15) is 0 Å². The smallest absolute Gasteiger partial charge is 0.463 e. The summed E-state index contributed by atoms with van der Waals surface area (Å²) < 4.78 is 57.6. The molecule has 0 radical (unpaired) electrons. The highest BCUT2D eigenvalue weighted by molar-refractivity contribution is 5.99. The number of nitrogens with one attached hydrogen (secondary N) is 10. The van der Waals surface area contributed by atoms with Crippen molar-refractivity contribution in [1.29, 1.82) is 0 Å². The topological polar surface area (TPSA) is 523 Å². The average molecular weight is 1430 g/mol. The van der Waals surface area contributed by atoms with Crippen LogP contribution in [-0.4, -0.2) is 165 Å². The van der Waals surface area contributed by atoms with E-state index in [0.29, 0.717) is 29.9 Å². The summed E-state index contributed by atoms with van der Waals surface area (Å²) in [4.78, 5) is 189. The van der Waals surface area contributed by atoms with Crippen molar-refractivity contribution in [2.24, 2.45) is 5.92 Å². The van der Waals surface area contributed by atoms with Crippen LogP contribution in [0.25, 0.3) is 0 Å². The fourth-order valence-electron chi connectivity index (χ4n) is 7.01. The van der Waals surface area contributed by atoms with Gasteiger partial charge in [0.1, 0.15) is 56.3 Å². The summed E-state index contributed by atoms with van der Waals surface area (Å²) in [6, 6.07) is 0. The van der Waals surface area contributed by atoms with Gasteiger partial charge in [-0.05, 0) is 26.3 Å². The predicted octanol–water partition coefficient (Wildman–Crippen LogP) is -2.29. The van der Waals surface area contributed by atoms with E-state index in [4.69, 9.17) is 37.9 Å². The molecule has 0 spiro atoms. The number of esters is 9. The molecule has 2 aromatic heterocycles. The highest BCUT2D eigenvalue weighted by atomic mass is 16.7. The highest BCUT2D eigenvalue weighted by Crippen LogP contribution is 2.09. The van der Waals surface area contributed by atoms with Crippen molar-refractivity contribution in [2.45, 2.75) is 46.8 Å². The lowest BCUT2D eigenvalue weighted by Crippen LogP contribution is -2.36. The molecule has 0 saturated carbocycles. The Kier molecular flexibility index (Phi) is 34.4. The van der Waals surface area contributed by atoms with Crippen molar-refractivity contribution in [1.82, 2.24) is 57.4 Å². The van der Waals surface area contributed by atoms with Crippen LogP contribution in [0.15, 0.2) is 175 Å². The third-order valence-corrected chi connectivity index (χ3v) is 12.3. The number of ether oxygens (including phenoxy) is 10. The van der Waals surface area contributed by atoms with E-state index in [9.17, 15) is 76.7 Å². The highest BCUT2D eigenvalue weighted by Gasteiger charge is 2.21. The van der Waals surface area contributed by atoms with Gasteiger partial charge < -0.3 is 104 Å². The summed E-state index contributed by atoms with van der Waals surface area (Å²) in [5.74, 6) is -8.51. The van der Waals surface area contributed by atoms with Gasteiger partial charge in [0.2, 0.25) is 6.79 Å². The van der Waals surface area contributed by atoms with Crippen LogP contribution in [0.3, 0.4) is 0 Å². The van der Waals surface area contributed by atoms with Gasteiger partial charge in [-0.25, -0.2) is 47.9 Å². The molecule has 102 heavy (non-hydrogen) atoms. The van der Waals surface area contributed by atoms with Gasteiger partial charge in [0.05, 0.1) is 53.6 Å². The molecule has 7 rings (SSSR count). The zero-order valence-corrected chi connectivity index (χ0v) is 54.9. The summed E-state index contributed by atoms with van der Waals surface area (Å²) in [5, 5.41) is 20.4. The molecule has 0 atom stereocenters. The van der Waals surface area contributed by atoms with Crippen LogP contribution >= 0.6 is 0 Å². The van der Waals surface area contributed by atoms with Gasteiger partial charge in [-0.1, -0.05) is 40.2 Å². The lowest BCUT2D eigenvalue weighted by Gasteiger charge is -2.26. The van der Waals surface area contributed by atoms with Crippen molar-refractivity contribution in [3.8, 4) is 0 Å². The Hall–Kier alpha value is -13.2. The fraction of sp³-hybridized carbons (Fsp3) is 0.302. The maximum absolute atomic E-state index is 11.6. The summed E-state index contributed by atoms with van der Waals surface area (Å²) >= 11 is 0. The SMILES string of the molecule is C=C1NC=C(COC(=O)/C=C/C(=O)OCCCCN2CCOCC2)C(=O)N1.C=C1NC=C(COC(=O)/C=C/C(=O)OCOC(=O)C(C)C)C(=O)N1.C=C1NC=C(COC(=O)/C=C/C(=O)OCc2c[nH]c(=O)[nH]c2=O)C(=O)N1.C=C1NC=C(COC(=O)/C=C/C(=O)OCc2oc(=O)oc2C)C(=O)N1. The summed E-state index contributed by atoms with van der Waals surface area (Å²) in [7, 11) is 0. The number of nitrogens with zero attached hydrogens (tertiary/aromatic N) is 1. The van der Waals surface area contributed by atoms with Gasteiger partial charge in [-0.15, -0.1) is 0 Å². The molecule has 4 amide bonds. The molecule has 2 aromatic rings. The average Bonchev–Trinajstić information content (AvgIpc) is 1.40. The van der Waals surface area contributed by atoms with Crippen molar-refractivity contribution >= 4 is 77.4 Å². The zero-order valence-electron chi connectivity index (χ0n) is 54.9. The van der Waals surface area contributed by atoms with Gasteiger partial charge in [0.15, 0.2) is 18.1 Å². The number of aryl methyl sites for hydroxylation is 1. The predicted molar refractivity (Wildman–Crippen MR) is 343 cm³/mol. The molecular formula is C63H71N11O28. The first-order chi connectivity index (χ1) is 48.5. The van der Waals surface area contributed by atoms with Gasteiger partial charge in [-0.3, -0.25) is 38.7 Å². The quantitative estimate of drug-likeness (QED) is 0.0141. The summed E-state index contributed by atoms with van der Waals surface area (Å²) in [6.07, 6.45) is 15.2. The second-order valence-electron chi connectivity index (χ2n) is 20.5. The number of hydrogen-bond donors (Lipinski definition) is 10. The lowest BCUT2D eigenvalue weighted by atomic mass is 10.2. The number of carbonyl (C=O) groups excluding carboxylic acids is 13. The van der Waals surface area contributed by atoms with E-state index >= 15 is 0 Å². The molecule has 7 heterocycles. The third-order valence-electron chi connectivity index (χ3n) is 12.3. The number of carbonyl (C=O) groups is 13. The summed E-state index contributed by atoms with van der Waals surface area (Å²) in [6.45, 7) is 21.1. The zero-order chi connectivity index (χ0) is 75.1. The molecule has 10 N–H and O–H groups in total. The largest absolute Gasteiger partial charge is 0.519 e. The van der Waals surface area contributed by atoms with Crippen LogP contribution in [0.2, 0.25) is 0 Å². The van der Waals surface area contributed by atoms with Gasteiger partial charge in [0.25, 0.3) is 29.2 Å². The van der Waals surface area contributed by atoms with Crippen molar-refractivity contribution in [2.75, 3.05) is 72.7 Å². The Morgan fingerprint density at radius 2 is 0.843 bits per heavy atom. The van der Waals surface area contributed by atoms with E-state index in [-0.39, 0.29) is 78.3 Å². The molecule has 5 aliphatic heterocycles. The molecule has 546 valence electrons. The minimum atomic E-state index is -0.903. The fourth-order valence-corrected chi connectivity index (χ4v) is 7.01. The number of H-pyrrole nitrogens is 2. The van der Waals surface area contributed by atoms with Crippen molar-refractivity contribution < 1.29 is 119 Å². The molecule has 1 fully saturated rings. The lowest BCUT2D eigenvalue weighted by molar-refractivity contribution is -0.167.